The molecule has 3 aromatic carbocycles. The maximum absolute atomic E-state index is 13.7. The minimum atomic E-state index is -1.09. The lowest BCUT2D eigenvalue weighted by molar-refractivity contribution is -0.136. The Morgan fingerprint density at radius 3 is 2.14 bits per heavy atom. The van der Waals surface area contributed by atoms with Gasteiger partial charge < -0.3 is 10.6 Å². The van der Waals surface area contributed by atoms with Gasteiger partial charge in [-0.1, -0.05) is 60.2 Å². The number of benzene rings is 3. The van der Waals surface area contributed by atoms with Crippen LogP contribution in [-0.2, 0) is 9.59 Å². The third-order valence-corrected chi connectivity index (χ3v) is 4.20. The molecule has 28 heavy (non-hydrogen) atoms. The first-order valence-electron chi connectivity index (χ1n) is 8.62. The van der Waals surface area contributed by atoms with Crippen LogP contribution in [0.25, 0.3) is 0 Å². The van der Waals surface area contributed by atoms with Crippen molar-refractivity contribution in [3.8, 4) is 0 Å². The van der Waals surface area contributed by atoms with Gasteiger partial charge in [0, 0.05) is 6.07 Å². The largest absolute Gasteiger partial charge is 0.337 e. The normalized spacial score (nSPS) is 11.5. The van der Waals surface area contributed by atoms with E-state index in [9.17, 15) is 18.4 Å². The smallest absolute Gasteiger partial charge is 0.313 e. The third kappa shape index (κ3) is 4.59. The van der Waals surface area contributed by atoms with Crippen molar-refractivity contribution in [1.29, 1.82) is 0 Å². The minimum Gasteiger partial charge on any atom is -0.337 e. The van der Waals surface area contributed by atoms with Gasteiger partial charge in [-0.3, -0.25) is 9.59 Å². The van der Waals surface area contributed by atoms with E-state index in [0.717, 1.165) is 34.9 Å². The van der Waals surface area contributed by atoms with Crippen LogP contribution in [0.1, 0.15) is 22.7 Å². The van der Waals surface area contributed by atoms with Crippen molar-refractivity contribution in [3.05, 3.63) is 101 Å². The zero-order valence-corrected chi connectivity index (χ0v) is 15.1. The fourth-order valence-corrected chi connectivity index (χ4v) is 2.73. The molecular weight excluding hydrogens is 362 g/mol. The van der Waals surface area contributed by atoms with Crippen molar-refractivity contribution in [3.63, 3.8) is 0 Å². The van der Waals surface area contributed by atoms with Crippen molar-refractivity contribution >= 4 is 17.5 Å². The molecule has 0 heterocycles. The second-order valence-corrected chi connectivity index (χ2v) is 6.31. The Bertz CT molecular complexity index is 989. The van der Waals surface area contributed by atoms with E-state index in [-0.39, 0.29) is 0 Å². The number of carbonyl (C=O) groups is 2. The van der Waals surface area contributed by atoms with E-state index >= 15 is 0 Å². The Hall–Kier alpha value is -3.54. The summed E-state index contributed by atoms with van der Waals surface area (Å²) < 4.78 is 27.0. The molecule has 0 saturated heterocycles. The lowest BCUT2D eigenvalue weighted by Crippen LogP contribution is -2.38. The number of aryl methyl sites for hydroxylation is 1. The van der Waals surface area contributed by atoms with Crippen LogP contribution >= 0.6 is 0 Å². The van der Waals surface area contributed by atoms with Crippen LogP contribution in [0, 0.1) is 18.6 Å². The number of amides is 2. The van der Waals surface area contributed by atoms with Crippen LogP contribution in [0.3, 0.4) is 0 Å². The highest BCUT2D eigenvalue weighted by Gasteiger charge is 2.22. The van der Waals surface area contributed by atoms with E-state index in [0.29, 0.717) is 0 Å². The molecule has 6 heteroatoms. The highest BCUT2D eigenvalue weighted by molar-refractivity contribution is 6.39. The maximum Gasteiger partial charge on any atom is 0.313 e. The molecule has 0 aromatic heterocycles. The Morgan fingerprint density at radius 1 is 0.821 bits per heavy atom. The first-order chi connectivity index (χ1) is 13.4. The predicted octanol–water partition coefficient (Wildman–Crippen LogP) is 4.12. The molecule has 3 aromatic rings. The molecule has 0 radical (unpaired) electrons. The molecule has 0 spiro atoms. The van der Waals surface area contributed by atoms with E-state index < -0.39 is 35.2 Å². The van der Waals surface area contributed by atoms with Crippen LogP contribution < -0.4 is 10.6 Å². The molecule has 0 saturated carbocycles. The summed E-state index contributed by atoms with van der Waals surface area (Å²) >= 11 is 0. The molecule has 0 aliphatic rings. The molecule has 2 N–H and O–H groups in total. The quantitative estimate of drug-likeness (QED) is 0.669. The van der Waals surface area contributed by atoms with Crippen LogP contribution in [-0.4, -0.2) is 11.8 Å². The molecule has 0 aliphatic heterocycles. The van der Waals surface area contributed by atoms with Gasteiger partial charge in [-0.2, -0.15) is 0 Å². The van der Waals surface area contributed by atoms with Gasteiger partial charge >= 0.3 is 11.8 Å². The molecule has 0 aliphatic carbocycles. The first-order valence-corrected chi connectivity index (χ1v) is 8.62. The average molecular weight is 380 g/mol. The van der Waals surface area contributed by atoms with Gasteiger partial charge in [0.1, 0.15) is 11.6 Å². The van der Waals surface area contributed by atoms with Gasteiger partial charge in [-0.25, -0.2) is 8.78 Å². The number of rotatable bonds is 4. The lowest BCUT2D eigenvalue weighted by Gasteiger charge is -2.20. The highest BCUT2D eigenvalue weighted by atomic mass is 19.1. The molecule has 1 unspecified atom stereocenters. The molecule has 4 nitrogen and oxygen atoms in total. The average Bonchev–Trinajstić information content (AvgIpc) is 2.70. The number of carbonyl (C=O) groups excluding carboxylic acids is 2. The number of nitrogens with one attached hydrogen (secondary N) is 2. The first kappa shape index (κ1) is 19.2. The van der Waals surface area contributed by atoms with E-state index in [1.807, 2.05) is 61.5 Å². The summed E-state index contributed by atoms with van der Waals surface area (Å²) in [5, 5.41) is 4.76. The van der Waals surface area contributed by atoms with E-state index in [1.54, 1.807) is 0 Å². The second kappa shape index (κ2) is 8.43. The van der Waals surface area contributed by atoms with Crippen molar-refractivity contribution in [2.45, 2.75) is 13.0 Å². The summed E-state index contributed by atoms with van der Waals surface area (Å²) in [7, 11) is 0. The molecule has 142 valence electrons. The fraction of sp³-hybridized carbons (Fsp3) is 0.0909. The fourth-order valence-electron chi connectivity index (χ4n) is 2.73. The number of anilines is 1. The van der Waals surface area contributed by atoms with Crippen LogP contribution in [0.5, 0.6) is 0 Å². The molecule has 2 amide bonds. The monoisotopic (exact) mass is 380 g/mol. The Morgan fingerprint density at radius 2 is 1.46 bits per heavy atom. The summed E-state index contributed by atoms with van der Waals surface area (Å²) in [6.07, 6.45) is 0. The van der Waals surface area contributed by atoms with Gasteiger partial charge in [0.2, 0.25) is 0 Å². The topological polar surface area (TPSA) is 58.2 Å². The van der Waals surface area contributed by atoms with Crippen LogP contribution in [0.4, 0.5) is 14.5 Å². The maximum atomic E-state index is 13.7. The second-order valence-electron chi connectivity index (χ2n) is 6.31. The van der Waals surface area contributed by atoms with Gasteiger partial charge in [0.15, 0.2) is 0 Å². The zero-order valence-electron chi connectivity index (χ0n) is 15.1. The van der Waals surface area contributed by atoms with Gasteiger partial charge in [0.05, 0.1) is 11.7 Å². The predicted molar refractivity (Wildman–Crippen MR) is 103 cm³/mol. The van der Waals surface area contributed by atoms with E-state index in [4.69, 9.17) is 0 Å². The summed E-state index contributed by atoms with van der Waals surface area (Å²) in [5.74, 6) is -3.60. The van der Waals surface area contributed by atoms with Crippen LogP contribution in [0.15, 0.2) is 72.8 Å². The standard InChI is InChI=1S/C22H18F2N2O2/c1-14-7-9-16(10-8-14)20(15-5-3-2-4-6-15)26-22(28)21(27)25-19-13-17(23)11-12-18(19)24/h2-13,20H,1H3,(H,25,27)(H,26,28). The Balaban J connectivity index is 1.82. The third-order valence-electron chi connectivity index (χ3n) is 4.20. The summed E-state index contributed by atoms with van der Waals surface area (Å²) in [6.45, 7) is 1.95. The molecule has 3 rings (SSSR count). The van der Waals surface area contributed by atoms with E-state index in [1.165, 1.54) is 0 Å². The summed E-state index contributed by atoms with van der Waals surface area (Å²) in [6, 6.07) is 18.7. The molecule has 1 atom stereocenters. The number of hydrogen-bond donors (Lipinski definition) is 2. The number of halogens is 2. The highest BCUT2D eigenvalue weighted by Crippen LogP contribution is 2.22. The molecule has 0 bridgehead atoms. The van der Waals surface area contributed by atoms with Crippen LogP contribution in [0.2, 0.25) is 0 Å². The van der Waals surface area contributed by atoms with Crippen molar-refractivity contribution in [2.75, 3.05) is 5.32 Å². The Labute approximate surface area is 161 Å². The number of hydrogen-bond acceptors (Lipinski definition) is 2. The molecular formula is C22H18F2N2O2. The minimum absolute atomic E-state index is 0.397. The van der Waals surface area contributed by atoms with Gasteiger partial charge in [-0.05, 0) is 30.2 Å². The SMILES string of the molecule is Cc1ccc(C(NC(=O)C(=O)Nc2cc(F)ccc2F)c2ccccc2)cc1. The Kier molecular flexibility index (Phi) is 5.79. The van der Waals surface area contributed by atoms with Gasteiger partial charge in [-0.15, -0.1) is 0 Å². The van der Waals surface area contributed by atoms with Gasteiger partial charge in [0.25, 0.3) is 0 Å². The van der Waals surface area contributed by atoms with Crippen molar-refractivity contribution in [1.82, 2.24) is 5.32 Å². The zero-order chi connectivity index (χ0) is 20.1. The van der Waals surface area contributed by atoms with E-state index in [2.05, 4.69) is 10.6 Å². The van der Waals surface area contributed by atoms with Crippen molar-refractivity contribution < 1.29 is 18.4 Å². The molecule has 0 fully saturated rings. The summed E-state index contributed by atoms with van der Waals surface area (Å²) in [5.41, 5.74) is 2.23. The van der Waals surface area contributed by atoms with Crippen molar-refractivity contribution in [2.24, 2.45) is 0 Å². The lowest BCUT2D eigenvalue weighted by atomic mass is 9.98. The summed E-state index contributed by atoms with van der Waals surface area (Å²) in [4.78, 5) is 24.6.